The van der Waals surface area contributed by atoms with Gasteiger partial charge in [0, 0.05) is 13.1 Å². The van der Waals surface area contributed by atoms with Crippen molar-refractivity contribution in [1.29, 1.82) is 0 Å². The molecule has 1 atom stereocenters. The van der Waals surface area contributed by atoms with E-state index < -0.39 is 5.60 Å². The summed E-state index contributed by atoms with van der Waals surface area (Å²) in [5, 5.41) is 10.5. The third-order valence-electron chi connectivity index (χ3n) is 3.36. The summed E-state index contributed by atoms with van der Waals surface area (Å²) in [7, 11) is 0. The van der Waals surface area contributed by atoms with Crippen molar-refractivity contribution in [3.05, 3.63) is 35.4 Å². The van der Waals surface area contributed by atoms with Crippen LogP contribution in [0.15, 0.2) is 24.3 Å². The molecule has 1 aliphatic rings. The van der Waals surface area contributed by atoms with Crippen molar-refractivity contribution in [2.24, 2.45) is 0 Å². The van der Waals surface area contributed by atoms with Gasteiger partial charge in [-0.1, -0.05) is 36.8 Å². The molecular formula is C13H19NO. The number of aliphatic hydroxyl groups is 1. The van der Waals surface area contributed by atoms with Crippen LogP contribution < -0.4 is 0 Å². The van der Waals surface area contributed by atoms with Gasteiger partial charge in [-0.3, -0.25) is 0 Å². The van der Waals surface area contributed by atoms with Gasteiger partial charge in [0.1, 0.15) is 5.60 Å². The van der Waals surface area contributed by atoms with Crippen LogP contribution in [0.3, 0.4) is 0 Å². The molecule has 1 heterocycles. The number of β-amino-alcohol motifs (C(OH)–C–C–N with tert-alkyl or cyclic N) is 1. The van der Waals surface area contributed by atoms with Gasteiger partial charge >= 0.3 is 0 Å². The first-order valence-electron chi connectivity index (χ1n) is 5.66. The maximum Gasteiger partial charge on any atom is 0.103 e. The van der Waals surface area contributed by atoms with E-state index in [0.717, 1.165) is 31.6 Å². The van der Waals surface area contributed by atoms with Gasteiger partial charge in [-0.05, 0) is 25.5 Å². The summed E-state index contributed by atoms with van der Waals surface area (Å²) >= 11 is 0. The SMILES string of the molecule is CCN1CCC(O)(c2ccc(C)cc2)C1. The summed E-state index contributed by atoms with van der Waals surface area (Å²) in [6.45, 7) is 7.00. The Labute approximate surface area is 91.5 Å². The van der Waals surface area contributed by atoms with E-state index in [2.05, 4.69) is 43.0 Å². The largest absolute Gasteiger partial charge is 0.384 e. The number of rotatable bonds is 2. The maximum atomic E-state index is 10.5. The molecule has 2 nitrogen and oxygen atoms in total. The molecule has 1 fully saturated rings. The number of likely N-dealkylation sites (tertiary alicyclic amines) is 1. The molecule has 2 rings (SSSR count). The fourth-order valence-electron chi connectivity index (χ4n) is 2.24. The number of nitrogens with zero attached hydrogens (tertiary/aromatic N) is 1. The quantitative estimate of drug-likeness (QED) is 0.797. The van der Waals surface area contributed by atoms with Crippen LogP contribution in [0.25, 0.3) is 0 Å². The first kappa shape index (κ1) is 10.7. The molecule has 15 heavy (non-hydrogen) atoms. The number of hydrogen-bond acceptors (Lipinski definition) is 2. The summed E-state index contributed by atoms with van der Waals surface area (Å²) in [6, 6.07) is 8.24. The second-order valence-electron chi connectivity index (χ2n) is 4.52. The van der Waals surface area contributed by atoms with E-state index in [1.54, 1.807) is 0 Å². The molecule has 0 aliphatic carbocycles. The molecule has 1 unspecified atom stereocenters. The van der Waals surface area contributed by atoms with Crippen LogP contribution in [-0.4, -0.2) is 29.6 Å². The highest BCUT2D eigenvalue weighted by Crippen LogP contribution is 2.31. The van der Waals surface area contributed by atoms with Crippen molar-refractivity contribution in [3.8, 4) is 0 Å². The summed E-state index contributed by atoms with van der Waals surface area (Å²) in [5.41, 5.74) is 1.68. The van der Waals surface area contributed by atoms with Crippen molar-refractivity contribution in [2.45, 2.75) is 25.9 Å². The Morgan fingerprint density at radius 2 is 2.00 bits per heavy atom. The van der Waals surface area contributed by atoms with E-state index in [1.807, 2.05) is 0 Å². The normalized spacial score (nSPS) is 27.1. The lowest BCUT2D eigenvalue weighted by atomic mass is 9.92. The third kappa shape index (κ3) is 2.06. The molecule has 0 amide bonds. The molecule has 82 valence electrons. The number of aryl methyl sites for hydroxylation is 1. The maximum absolute atomic E-state index is 10.5. The van der Waals surface area contributed by atoms with Crippen LogP contribution in [0.4, 0.5) is 0 Å². The van der Waals surface area contributed by atoms with Crippen LogP contribution >= 0.6 is 0 Å². The van der Waals surface area contributed by atoms with E-state index in [-0.39, 0.29) is 0 Å². The van der Waals surface area contributed by atoms with Crippen molar-refractivity contribution in [3.63, 3.8) is 0 Å². The van der Waals surface area contributed by atoms with Crippen molar-refractivity contribution in [2.75, 3.05) is 19.6 Å². The molecule has 1 aromatic carbocycles. The van der Waals surface area contributed by atoms with Gasteiger partial charge in [0.25, 0.3) is 0 Å². The molecule has 0 aromatic heterocycles. The van der Waals surface area contributed by atoms with Crippen LogP contribution in [0.5, 0.6) is 0 Å². The average molecular weight is 205 g/mol. The Kier molecular flexibility index (Phi) is 2.81. The molecule has 1 saturated heterocycles. The smallest absolute Gasteiger partial charge is 0.103 e. The molecule has 1 aliphatic heterocycles. The Bertz CT molecular complexity index is 333. The third-order valence-corrected chi connectivity index (χ3v) is 3.36. The Hall–Kier alpha value is -0.860. The first-order chi connectivity index (χ1) is 7.14. The Morgan fingerprint density at radius 1 is 1.33 bits per heavy atom. The minimum absolute atomic E-state index is 0.621. The molecule has 0 radical (unpaired) electrons. The van der Waals surface area contributed by atoms with E-state index in [0.29, 0.717) is 0 Å². The lowest BCUT2D eigenvalue weighted by molar-refractivity contribution is 0.0467. The predicted molar refractivity (Wildman–Crippen MR) is 61.8 cm³/mol. The van der Waals surface area contributed by atoms with Crippen molar-refractivity contribution < 1.29 is 5.11 Å². The first-order valence-corrected chi connectivity index (χ1v) is 5.66. The van der Waals surface area contributed by atoms with Crippen molar-refractivity contribution in [1.82, 2.24) is 4.90 Å². The Morgan fingerprint density at radius 3 is 2.53 bits per heavy atom. The van der Waals surface area contributed by atoms with Gasteiger partial charge in [-0.15, -0.1) is 0 Å². The van der Waals surface area contributed by atoms with Crippen LogP contribution in [0, 0.1) is 6.92 Å². The minimum atomic E-state index is -0.621. The fraction of sp³-hybridized carbons (Fsp3) is 0.538. The minimum Gasteiger partial charge on any atom is -0.384 e. The second-order valence-corrected chi connectivity index (χ2v) is 4.52. The topological polar surface area (TPSA) is 23.5 Å². The zero-order valence-electron chi connectivity index (χ0n) is 9.53. The highest BCUT2D eigenvalue weighted by Gasteiger charge is 2.36. The highest BCUT2D eigenvalue weighted by molar-refractivity contribution is 5.27. The molecule has 0 spiro atoms. The lowest BCUT2D eigenvalue weighted by Crippen LogP contribution is -2.30. The van der Waals surface area contributed by atoms with Gasteiger partial charge in [0.05, 0.1) is 0 Å². The number of likely N-dealkylation sites (N-methyl/N-ethyl adjacent to an activating group) is 1. The summed E-state index contributed by atoms with van der Waals surface area (Å²) in [4.78, 5) is 2.29. The highest BCUT2D eigenvalue weighted by atomic mass is 16.3. The summed E-state index contributed by atoms with van der Waals surface area (Å²) in [6.07, 6.45) is 0.851. The van der Waals surface area contributed by atoms with Gasteiger partial charge in [0.15, 0.2) is 0 Å². The molecule has 1 aromatic rings. The molecule has 2 heteroatoms. The van der Waals surface area contributed by atoms with E-state index in [4.69, 9.17) is 0 Å². The molecular weight excluding hydrogens is 186 g/mol. The van der Waals surface area contributed by atoms with Crippen LogP contribution in [-0.2, 0) is 5.60 Å². The fourth-order valence-corrected chi connectivity index (χ4v) is 2.24. The van der Waals surface area contributed by atoms with E-state index in [1.165, 1.54) is 5.56 Å². The zero-order chi connectivity index (χ0) is 10.9. The summed E-state index contributed by atoms with van der Waals surface area (Å²) in [5.74, 6) is 0. The average Bonchev–Trinajstić information content (AvgIpc) is 2.62. The molecule has 0 saturated carbocycles. The van der Waals surface area contributed by atoms with Gasteiger partial charge in [-0.25, -0.2) is 0 Å². The predicted octanol–water partition coefficient (Wildman–Crippen LogP) is 1.91. The standard InChI is InChI=1S/C13H19NO/c1-3-14-9-8-13(15,10-14)12-6-4-11(2)5-7-12/h4-7,15H,3,8-10H2,1-2H3. The monoisotopic (exact) mass is 205 g/mol. The lowest BCUT2D eigenvalue weighted by Gasteiger charge is -2.23. The molecule has 0 bridgehead atoms. The van der Waals surface area contributed by atoms with Crippen LogP contribution in [0.2, 0.25) is 0 Å². The van der Waals surface area contributed by atoms with Gasteiger partial charge in [-0.2, -0.15) is 0 Å². The van der Waals surface area contributed by atoms with Crippen LogP contribution in [0.1, 0.15) is 24.5 Å². The van der Waals surface area contributed by atoms with Gasteiger partial charge < -0.3 is 10.0 Å². The number of hydrogen-bond donors (Lipinski definition) is 1. The Balaban J connectivity index is 2.20. The zero-order valence-corrected chi connectivity index (χ0v) is 9.53. The van der Waals surface area contributed by atoms with Crippen molar-refractivity contribution >= 4 is 0 Å². The number of benzene rings is 1. The van der Waals surface area contributed by atoms with Gasteiger partial charge in [0.2, 0.25) is 0 Å². The van der Waals surface area contributed by atoms with E-state index >= 15 is 0 Å². The van der Waals surface area contributed by atoms with E-state index in [9.17, 15) is 5.11 Å². The molecule has 1 N–H and O–H groups in total. The second kappa shape index (κ2) is 3.95. The summed E-state index contributed by atoms with van der Waals surface area (Å²) < 4.78 is 0.